The number of H-pyrrole nitrogens is 1. The molecule has 180 valence electrons. The molecule has 1 aromatic carbocycles. The zero-order valence-electron chi connectivity index (χ0n) is 20.5. The van der Waals surface area contributed by atoms with Crippen molar-refractivity contribution in [2.24, 2.45) is 0 Å². The van der Waals surface area contributed by atoms with Gasteiger partial charge in [-0.1, -0.05) is 54.6 Å². The van der Waals surface area contributed by atoms with Gasteiger partial charge in [-0.25, -0.2) is 14.5 Å². The van der Waals surface area contributed by atoms with Gasteiger partial charge < -0.3 is 10.3 Å². The SMILES string of the molecule is C\C=C/C=c1/cccc/c1=C/CCNCc1nc(-c2ccc3ncnn3c2)c(-c2cccc(C)n2)[nH]1. The van der Waals surface area contributed by atoms with Gasteiger partial charge in [0.05, 0.1) is 23.6 Å². The highest BCUT2D eigenvalue weighted by Gasteiger charge is 2.16. The molecule has 2 N–H and O–H groups in total. The number of benzene rings is 1. The zero-order chi connectivity index (χ0) is 24.7. The molecular formula is C29H29N7. The molecule has 0 unspecified atom stereocenters. The Labute approximate surface area is 210 Å². The first-order valence-electron chi connectivity index (χ1n) is 12.1. The largest absolute Gasteiger partial charge is 0.339 e. The van der Waals surface area contributed by atoms with Crippen molar-refractivity contribution in [2.45, 2.75) is 26.8 Å². The Morgan fingerprint density at radius 2 is 1.89 bits per heavy atom. The van der Waals surface area contributed by atoms with Crippen molar-refractivity contribution >= 4 is 17.8 Å². The number of nitrogens with zero attached hydrogens (tertiary/aromatic N) is 5. The lowest BCUT2D eigenvalue weighted by atomic mass is 10.1. The molecule has 0 spiro atoms. The summed E-state index contributed by atoms with van der Waals surface area (Å²) in [5.74, 6) is 0.865. The summed E-state index contributed by atoms with van der Waals surface area (Å²) < 4.78 is 1.76. The molecule has 0 atom stereocenters. The summed E-state index contributed by atoms with van der Waals surface area (Å²) in [6, 6.07) is 18.4. The van der Waals surface area contributed by atoms with Crippen LogP contribution < -0.4 is 15.8 Å². The third-order valence-electron chi connectivity index (χ3n) is 5.89. The van der Waals surface area contributed by atoms with Crippen LogP contribution in [0.1, 0.15) is 24.9 Å². The van der Waals surface area contributed by atoms with Gasteiger partial charge in [0.25, 0.3) is 0 Å². The molecule has 0 fully saturated rings. The smallest absolute Gasteiger partial charge is 0.155 e. The van der Waals surface area contributed by atoms with E-state index in [1.54, 1.807) is 10.8 Å². The first-order valence-corrected chi connectivity index (χ1v) is 12.1. The Morgan fingerprint density at radius 3 is 2.75 bits per heavy atom. The van der Waals surface area contributed by atoms with Crippen LogP contribution in [0.4, 0.5) is 0 Å². The highest BCUT2D eigenvalue weighted by molar-refractivity contribution is 5.77. The number of fused-ring (bicyclic) bond motifs is 1. The molecule has 0 bridgehead atoms. The van der Waals surface area contributed by atoms with E-state index in [9.17, 15) is 0 Å². The van der Waals surface area contributed by atoms with Crippen LogP contribution >= 0.6 is 0 Å². The second-order valence-electron chi connectivity index (χ2n) is 8.54. The number of aryl methyl sites for hydroxylation is 1. The van der Waals surface area contributed by atoms with Crippen LogP contribution in [0.15, 0.2) is 79.3 Å². The van der Waals surface area contributed by atoms with E-state index in [2.05, 4.69) is 62.9 Å². The topological polar surface area (TPSA) is 83.8 Å². The Hall–Kier alpha value is -4.36. The van der Waals surface area contributed by atoms with Gasteiger partial charge in [0.1, 0.15) is 12.2 Å². The molecule has 0 amide bonds. The Bertz CT molecular complexity index is 1620. The highest BCUT2D eigenvalue weighted by Crippen LogP contribution is 2.29. The number of nitrogens with one attached hydrogen (secondary N) is 2. The van der Waals surface area contributed by atoms with Crippen molar-refractivity contribution in [1.82, 2.24) is 34.9 Å². The fourth-order valence-corrected chi connectivity index (χ4v) is 4.12. The van der Waals surface area contributed by atoms with E-state index < -0.39 is 0 Å². The molecule has 7 nitrogen and oxygen atoms in total. The summed E-state index contributed by atoms with van der Waals surface area (Å²) >= 11 is 0. The van der Waals surface area contributed by atoms with Crippen molar-refractivity contribution in [3.63, 3.8) is 0 Å². The summed E-state index contributed by atoms with van der Waals surface area (Å²) in [7, 11) is 0. The van der Waals surface area contributed by atoms with E-state index in [1.807, 2.05) is 56.5 Å². The highest BCUT2D eigenvalue weighted by atomic mass is 15.3. The number of aromatic amines is 1. The molecule has 0 aliphatic carbocycles. The second kappa shape index (κ2) is 10.9. The lowest BCUT2D eigenvalue weighted by molar-refractivity contribution is 0.679. The number of hydrogen-bond acceptors (Lipinski definition) is 5. The number of aromatic nitrogens is 6. The molecule has 4 aromatic heterocycles. The number of hydrogen-bond donors (Lipinski definition) is 2. The summed E-state index contributed by atoms with van der Waals surface area (Å²) in [5, 5.41) is 10.3. The van der Waals surface area contributed by atoms with Crippen molar-refractivity contribution in [3.05, 3.63) is 101 Å². The minimum Gasteiger partial charge on any atom is -0.339 e. The van der Waals surface area contributed by atoms with Crippen LogP contribution in [0.5, 0.6) is 0 Å². The van der Waals surface area contributed by atoms with Crippen LogP contribution in [0.3, 0.4) is 0 Å². The normalized spacial score (nSPS) is 12.8. The summed E-state index contributed by atoms with van der Waals surface area (Å²) in [4.78, 5) is 17.4. The predicted molar refractivity (Wildman–Crippen MR) is 144 cm³/mol. The molecule has 7 heteroatoms. The molecule has 0 saturated carbocycles. The van der Waals surface area contributed by atoms with Gasteiger partial charge in [-0.3, -0.25) is 4.98 Å². The Kier molecular flexibility index (Phi) is 7.10. The van der Waals surface area contributed by atoms with Crippen LogP contribution in [-0.2, 0) is 6.54 Å². The zero-order valence-corrected chi connectivity index (χ0v) is 20.5. The average Bonchev–Trinajstić information content (AvgIpc) is 3.54. The van der Waals surface area contributed by atoms with Crippen molar-refractivity contribution in [3.8, 4) is 22.6 Å². The quantitative estimate of drug-likeness (QED) is 0.334. The number of imidazole rings is 1. The maximum atomic E-state index is 4.94. The maximum absolute atomic E-state index is 4.94. The van der Waals surface area contributed by atoms with E-state index in [0.717, 1.165) is 52.8 Å². The van der Waals surface area contributed by atoms with Gasteiger partial charge in [0.15, 0.2) is 5.65 Å². The third kappa shape index (κ3) is 5.31. The predicted octanol–water partition coefficient (Wildman–Crippen LogP) is 3.81. The van der Waals surface area contributed by atoms with Gasteiger partial charge in [0, 0.05) is 17.5 Å². The van der Waals surface area contributed by atoms with E-state index in [0.29, 0.717) is 6.54 Å². The van der Waals surface area contributed by atoms with Gasteiger partial charge in [-0.05, 0) is 61.5 Å². The maximum Gasteiger partial charge on any atom is 0.155 e. The first-order chi connectivity index (χ1) is 17.7. The minimum atomic E-state index is 0.630. The van der Waals surface area contributed by atoms with Crippen LogP contribution in [0.25, 0.3) is 40.4 Å². The molecule has 0 radical (unpaired) electrons. The molecule has 0 saturated heterocycles. The first kappa shape index (κ1) is 23.4. The molecule has 5 aromatic rings. The summed E-state index contributed by atoms with van der Waals surface area (Å²) in [6.07, 6.45) is 12.9. The number of pyridine rings is 2. The fourth-order valence-electron chi connectivity index (χ4n) is 4.12. The van der Waals surface area contributed by atoms with Gasteiger partial charge in [-0.2, -0.15) is 5.10 Å². The van der Waals surface area contributed by atoms with Crippen LogP contribution in [0, 0.1) is 6.92 Å². The molecule has 0 aliphatic heterocycles. The monoisotopic (exact) mass is 475 g/mol. The fraction of sp³-hybridized carbons (Fsp3) is 0.172. The number of allylic oxidation sites excluding steroid dienone is 2. The van der Waals surface area contributed by atoms with Gasteiger partial charge in [-0.15, -0.1) is 0 Å². The number of rotatable bonds is 8. The molecular weight excluding hydrogens is 446 g/mol. The van der Waals surface area contributed by atoms with Gasteiger partial charge in [0.2, 0.25) is 0 Å². The molecule has 5 rings (SSSR count). The molecule has 0 aliphatic rings. The van der Waals surface area contributed by atoms with E-state index in [-0.39, 0.29) is 0 Å². The van der Waals surface area contributed by atoms with Crippen molar-refractivity contribution in [1.29, 1.82) is 0 Å². The van der Waals surface area contributed by atoms with Crippen LogP contribution in [0.2, 0.25) is 0 Å². The molecule has 4 heterocycles. The minimum absolute atomic E-state index is 0.630. The lowest BCUT2D eigenvalue weighted by Crippen LogP contribution is -2.24. The van der Waals surface area contributed by atoms with Crippen molar-refractivity contribution in [2.75, 3.05) is 6.54 Å². The third-order valence-corrected chi connectivity index (χ3v) is 5.89. The Balaban J connectivity index is 1.36. The van der Waals surface area contributed by atoms with Gasteiger partial charge >= 0.3 is 0 Å². The van der Waals surface area contributed by atoms with E-state index in [1.165, 1.54) is 10.4 Å². The van der Waals surface area contributed by atoms with E-state index >= 15 is 0 Å². The summed E-state index contributed by atoms with van der Waals surface area (Å²) in [5.41, 5.74) is 5.33. The summed E-state index contributed by atoms with van der Waals surface area (Å²) in [6.45, 7) is 5.50. The lowest BCUT2D eigenvalue weighted by Gasteiger charge is -2.04. The van der Waals surface area contributed by atoms with E-state index in [4.69, 9.17) is 9.97 Å². The van der Waals surface area contributed by atoms with Crippen LogP contribution in [-0.4, -0.2) is 36.1 Å². The standard InChI is InChI=1S/C29H29N7/c1-3-4-10-22-11-5-6-12-23(22)13-8-17-30-18-26-34-28(24-15-16-27-31-20-32-36(27)19-24)29(35-26)25-14-7-9-21(2)33-25/h3-7,9-16,19-20,30H,8,17-18H2,1-2H3,(H,34,35)/b4-3-,22-10-,23-13-. The Morgan fingerprint density at radius 1 is 1.00 bits per heavy atom. The average molecular weight is 476 g/mol. The molecule has 36 heavy (non-hydrogen) atoms. The van der Waals surface area contributed by atoms with Crippen molar-refractivity contribution < 1.29 is 0 Å². The second-order valence-corrected chi connectivity index (χ2v) is 8.54.